The van der Waals surface area contributed by atoms with Gasteiger partial charge in [0.25, 0.3) is 0 Å². The Hall–Kier alpha value is -1.65. The standard InChI is InChI=1S/C20H18BrNOS/c21-15-10-8-14(9-11-15)19(23)18-16-6-2-3-7-17(16)24-20(18)22-12-4-1-5-13-22/h2-3,6-11H,1,4-5,12-13H2. The van der Waals surface area contributed by atoms with Crippen molar-refractivity contribution in [1.29, 1.82) is 0 Å². The highest BCUT2D eigenvalue weighted by atomic mass is 79.9. The van der Waals surface area contributed by atoms with Crippen molar-refractivity contribution < 1.29 is 4.79 Å². The molecule has 2 aromatic carbocycles. The molecule has 2 nitrogen and oxygen atoms in total. The summed E-state index contributed by atoms with van der Waals surface area (Å²) in [5.74, 6) is 0.125. The lowest BCUT2D eigenvalue weighted by Crippen LogP contribution is -2.29. The third kappa shape index (κ3) is 2.89. The van der Waals surface area contributed by atoms with E-state index in [-0.39, 0.29) is 5.78 Å². The Morgan fingerprint density at radius 2 is 1.67 bits per heavy atom. The lowest BCUT2D eigenvalue weighted by atomic mass is 10.0. The lowest BCUT2D eigenvalue weighted by molar-refractivity contribution is 0.104. The highest BCUT2D eigenvalue weighted by Gasteiger charge is 2.24. The molecule has 0 saturated carbocycles. The van der Waals surface area contributed by atoms with Crippen LogP contribution < -0.4 is 4.90 Å². The summed E-state index contributed by atoms with van der Waals surface area (Å²) in [6.45, 7) is 2.10. The molecule has 122 valence electrons. The zero-order chi connectivity index (χ0) is 16.5. The van der Waals surface area contributed by atoms with Crippen LogP contribution in [0.4, 0.5) is 5.00 Å². The Labute approximate surface area is 154 Å². The number of rotatable bonds is 3. The van der Waals surface area contributed by atoms with Crippen LogP contribution in [0.3, 0.4) is 0 Å². The summed E-state index contributed by atoms with van der Waals surface area (Å²) in [6, 6.07) is 15.9. The van der Waals surface area contributed by atoms with Crippen LogP contribution >= 0.6 is 27.3 Å². The molecule has 0 amide bonds. The van der Waals surface area contributed by atoms with Crippen molar-refractivity contribution in [3.05, 3.63) is 64.1 Å². The second-order valence-corrected chi connectivity index (χ2v) is 8.11. The molecule has 0 aliphatic carbocycles. The third-order valence-electron chi connectivity index (χ3n) is 4.55. The Bertz CT molecular complexity index is 878. The topological polar surface area (TPSA) is 20.3 Å². The Kier molecular flexibility index (Phi) is 4.42. The van der Waals surface area contributed by atoms with E-state index in [4.69, 9.17) is 0 Å². The smallest absolute Gasteiger partial charge is 0.196 e. The zero-order valence-corrected chi connectivity index (χ0v) is 15.7. The summed E-state index contributed by atoms with van der Waals surface area (Å²) in [5, 5.41) is 2.22. The van der Waals surface area contributed by atoms with E-state index >= 15 is 0 Å². The van der Waals surface area contributed by atoms with Crippen molar-refractivity contribution >= 4 is 48.1 Å². The number of piperidine rings is 1. The minimum atomic E-state index is 0.125. The largest absolute Gasteiger partial charge is 0.363 e. The highest BCUT2D eigenvalue weighted by Crippen LogP contribution is 2.40. The van der Waals surface area contributed by atoms with Gasteiger partial charge >= 0.3 is 0 Å². The van der Waals surface area contributed by atoms with Gasteiger partial charge in [-0.3, -0.25) is 4.79 Å². The molecule has 3 aromatic rings. The number of thiophene rings is 1. The van der Waals surface area contributed by atoms with Gasteiger partial charge in [0.15, 0.2) is 5.78 Å². The van der Waals surface area contributed by atoms with Crippen LogP contribution in [0.25, 0.3) is 10.1 Å². The van der Waals surface area contributed by atoms with Crippen molar-refractivity contribution in [3.8, 4) is 0 Å². The summed E-state index contributed by atoms with van der Waals surface area (Å²) in [6.07, 6.45) is 3.71. The SMILES string of the molecule is O=C(c1ccc(Br)cc1)c1c(N2CCCCC2)sc2ccccc12. The number of carbonyl (C=O) groups is 1. The summed E-state index contributed by atoms with van der Waals surface area (Å²) in [4.78, 5) is 15.7. The zero-order valence-electron chi connectivity index (χ0n) is 13.3. The molecule has 0 unspecified atom stereocenters. The summed E-state index contributed by atoms with van der Waals surface area (Å²) in [5.41, 5.74) is 1.62. The molecule has 0 atom stereocenters. The van der Waals surface area contributed by atoms with Crippen molar-refractivity contribution in [2.45, 2.75) is 19.3 Å². The van der Waals surface area contributed by atoms with E-state index in [0.29, 0.717) is 0 Å². The maximum atomic E-state index is 13.3. The fraction of sp³-hybridized carbons (Fsp3) is 0.250. The molecule has 1 aliphatic heterocycles. The van der Waals surface area contributed by atoms with Gasteiger partial charge in [-0.05, 0) is 49.6 Å². The predicted molar refractivity (Wildman–Crippen MR) is 105 cm³/mol. The molecule has 0 N–H and O–H groups in total. The van der Waals surface area contributed by atoms with Gasteiger partial charge in [-0.2, -0.15) is 0 Å². The average molecular weight is 400 g/mol. The normalized spacial score (nSPS) is 15.0. The highest BCUT2D eigenvalue weighted by molar-refractivity contribution is 9.10. The van der Waals surface area contributed by atoms with E-state index in [9.17, 15) is 4.79 Å². The minimum Gasteiger partial charge on any atom is -0.363 e. The average Bonchev–Trinajstić information content (AvgIpc) is 3.02. The Morgan fingerprint density at radius 3 is 2.42 bits per heavy atom. The van der Waals surface area contributed by atoms with Crippen molar-refractivity contribution in [1.82, 2.24) is 0 Å². The number of ketones is 1. The van der Waals surface area contributed by atoms with Crippen molar-refractivity contribution in [3.63, 3.8) is 0 Å². The second-order valence-electron chi connectivity index (χ2n) is 6.16. The number of halogens is 1. The van der Waals surface area contributed by atoms with Gasteiger partial charge < -0.3 is 4.90 Å². The molecule has 0 bridgehead atoms. The molecule has 24 heavy (non-hydrogen) atoms. The first-order valence-corrected chi connectivity index (χ1v) is 9.92. The van der Waals surface area contributed by atoms with E-state index in [1.54, 1.807) is 11.3 Å². The molecule has 4 rings (SSSR count). The molecule has 0 spiro atoms. The molecule has 1 aromatic heterocycles. The predicted octanol–water partition coefficient (Wildman–Crippen LogP) is 5.89. The van der Waals surface area contributed by atoms with Gasteiger partial charge in [-0.15, -0.1) is 11.3 Å². The third-order valence-corrected chi connectivity index (χ3v) is 6.31. The fourth-order valence-corrected chi connectivity index (χ4v) is 4.83. The first kappa shape index (κ1) is 15.9. The van der Waals surface area contributed by atoms with Crippen LogP contribution in [0.1, 0.15) is 35.2 Å². The van der Waals surface area contributed by atoms with Gasteiger partial charge in [-0.25, -0.2) is 0 Å². The van der Waals surface area contributed by atoms with E-state index in [2.05, 4.69) is 33.0 Å². The molecule has 4 heteroatoms. The number of benzene rings is 2. The number of hydrogen-bond acceptors (Lipinski definition) is 3. The molecule has 0 radical (unpaired) electrons. The van der Waals surface area contributed by atoms with Gasteiger partial charge in [0.1, 0.15) is 5.00 Å². The van der Waals surface area contributed by atoms with Gasteiger partial charge in [0, 0.05) is 33.2 Å². The first-order chi connectivity index (χ1) is 11.7. The van der Waals surface area contributed by atoms with Crippen LogP contribution in [0.5, 0.6) is 0 Å². The van der Waals surface area contributed by atoms with Crippen LogP contribution in [0.2, 0.25) is 0 Å². The molecule has 2 heterocycles. The Morgan fingerprint density at radius 1 is 0.958 bits per heavy atom. The minimum absolute atomic E-state index is 0.125. The maximum Gasteiger partial charge on any atom is 0.196 e. The Balaban J connectivity index is 1.85. The van der Waals surface area contributed by atoms with Gasteiger partial charge in [0.05, 0.1) is 5.56 Å². The summed E-state index contributed by atoms with van der Waals surface area (Å²) >= 11 is 5.20. The monoisotopic (exact) mass is 399 g/mol. The van der Waals surface area contributed by atoms with Crippen molar-refractivity contribution in [2.24, 2.45) is 0 Å². The van der Waals surface area contributed by atoms with Crippen molar-refractivity contribution in [2.75, 3.05) is 18.0 Å². The van der Waals surface area contributed by atoms with Gasteiger partial charge in [-0.1, -0.05) is 34.1 Å². The molecule has 1 saturated heterocycles. The second kappa shape index (κ2) is 6.69. The maximum absolute atomic E-state index is 13.3. The fourth-order valence-electron chi connectivity index (χ4n) is 3.32. The van der Waals surface area contributed by atoms with Crippen LogP contribution in [0, 0.1) is 0 Å². The molecule has 1 aliphatic rings. The summed E-state index contributed by atoms with van der Waals surface area (Å²) < 4.78 is 2.18. The first-order valence-electron chi connectivity index (χ1n) is 8.31. The molecular weight excluding hydrogens is 382 g/mol. The van der Waals surface area contributed by atoms with E-state index < -0.39 is 0 Å². The number of carbonyl (C=O) groups excluding carboxylic acids is 1. The van der Waals surface area contributed by atoms with Crippen LogP contribution in [-0.4, -0.2) is 18.9 Å². The van der Waals surface area contributed by atoms with E-state index in [0.717, 1.165) is 39.1 Å². The quantitative estimate of drug-likeness (QED) is 0.512. The number of hydrogen-bond donors (Lipinski definition) is 0. The molecular formula is C20H18BrNOS. The van der Waals surface area contributed by atoms with Crippen LogP contribution in [-0.2, 0) is 0 Å². The van der Waals surface area contributed by atoms with Gasteiger partial charge in [0.2, 0.25) is 0 Å². The molecule has 1 fully saturated rings. The lowest BCUT2D eigenvalue weighted by Gasteiger charge is -2.28. The number of anilines is 1. The summed E-state index contributed by atoms with van der Waals surface area (Å²) in [7, 11) is 0. The van der Waals surface area contributed by atoms with Crippen LogP contribution in [0.15, 0.2) is 53.0 Å². The van der Waals surface area contributed by atoms with E-state index in [1.807, 2.05) is 36.4 Å². The number of nitrogens with zero attached hydrogens (tertiary/aromatic N) is 1. The number of fused-ring (bicyclic) bond motifs is 1. The van der Waals surface area contributed by atoms with E-state index in [1.165, 1.54) is 24.0 Å².